The quantitative estimate of drug-likeness (QED) is 0.659. The van der Waals surface area contributed by atoms with Crippen LogP contribution in [0.15, 0.2) is 0 Å². The van der Waals surface area contributed by atoms with E-state index < -0.39 is 11.6 Å². The molecule has 0 aromatic rings. The first kappa shape index (κ1) is 13.5. The molecule has 0 saturated heterocycles. The summed E-state index contributed by atoms with van der Waals surface area (Å²) in [6.45, 7) is 5.22. The molecule has 0 bridgehead atoms. The highest BCUT2D eigenvalue weighted by Crippen LogP contribution is 2.30. The maximum atomic E-state index is 10.8. The van der Waals surface area contributed by atoms with E-state index in [-0.39, 0.29) is 6.54 Å². The summed E-state index contributed by atoms with van der Waals surface area (Å²) in [6.07, 6.45) is 3.74. The lowest BCUT2D eigenvalue weighted by Gasteiger charge is -2.32. The average Bonchev–Trinajstić information content (AvgIpc) is 3.00. The maximum absolute atomic E-state index is 10.8. The van der Waals surface area contributed by atoms with E-state index in [0.717, 1.165) is 6.54 Å². The van der Waals surface area contributed by atoms with Gasteiger partial charge in [-0.1, -0.05) is 13.8 Å². The zero-order valence-electron chi connectivity index (χ0n) is 10.3. The van der Waals surface area contributed by atoms with E-state index in [2.05, 4.69) is 0 Å². The standard InChI is InChI=1S/C12H23NO3/c1-3-12(16,4-2)9-13(8-11(14)15)7-10-5-6-10/h10,16H,3-9H2,1-2H3,(H,14,15). The summed E-state index contributed by atoms with van der Waals surface area (Å²) in [6, 6.07) is 0. The minimum absolute atomic E-state index is 0.0405. The number of hydrogen-bond acceptors (Lipinski definition) is 3. The van der Waals surface area contributed by atoms with Crippen LogP contribution in [0.4, 0.5) is 0 Å². The van der Waals surface area contributed by atoms with E-state index in [1.165, 1.54) is 12.8 Å². The number of carboxylic acids is 1. The second-order valence-corrected chi connectivity index (χ2v) is 4.94. The molecular weight excluding hydrogens is 206 g/mol. The summed E-state index contributed by atoms with van der Waals surface area (Å²) in [5, 5.41) is 19.0. The summed E-state index contributed by atoms with van der Waals surface area (Å²) in [5.41, 5.74) is -0.732. The van der Waals surface area contributed by atoms with Crippen molar-refractivity contribution in [2.45, 2.75) is 45.1 Å². The molecule has 4 heteroatoms. The van der Waals surface area contributed by atoms with Crippen LogP contribution in [-0.2, 0) is 4.79 Å². The highest BCUT2D eigenvalue weighted by Gasteiger charge is 2.30. The highest BCUT2D eigenvalue weighted by molar-refractivity contribution is 5.69. The molecule has 4 nitrogen and oxygen atoms in total. The molecule has 0 atom stereocenters. The Hall–Kier alpha value is -0.610. The lowest BCUT2D eigenvalue weighted by Crippen LogP contribution is -2.45. The molecule has 0 heterocycles. The third kappa shape index (κ3) is 4.49. The van der Waals surface area contributed by atoms with Crippen molar-refractivity contribution in [1.82, 2.24) is 4.90 Å². The number of hydrogen-bond donors (Lipinski definition) is 2. The Kier molecular flexibility index (Phi) is 4.74. The molecule has 1 saturated carbocycles. The van der Waals surface area contributed by atoms with Gasteiger partial charge in [-0.05, 0) is 31.6 Å². The molecule has 0 aromatic heterocycles. The van der Waals surface area contributed by atoms with Gasteiger partial charge in [-0.15, -0.1) is 0 Å². The molecule has 1 rings (SSSR count). The molecule has 16 heavy (non-hydrogen) atoms. The Morgan fingerprint density at radius 2 is 1.94 bits per heavy atom. The molecule has 1 aliphatic carbocycles. The van der Waals surface area contributed by atoms with Crippen LogP contribution in [0.2, 0.25) is 0 Å². The van der Waals surface area contributed by atoms with Crippen molar-refractivity contribution in [3.05, 3.63) is 0 Å². The van der Waals surface area contributed by atoms with Crippen LogP contribution >= 0.6 is 0 Å². The summed E-state index contributed by atoms with van der Waals surface area (Å²) in [5.74, 6) is -0.160. The van der Waals surface area contributed by atoms with Crippen LogP contribution in [0.25, 0.3) is 0 Å². The van der Waals surface area contributed by atoms with Crippen LogP contribution in [0.3, 0.4) is 0 Å². The number of rotatable bonds is 8. The zero-order valence-corrected chi connectivity index (χ0v) is 10.3. The molecule has 0 radical (unpaired) electrons. The summed E-state index contributed by atoms with van der Waals surface area (Å²) in [7, 11) is 0. The summed E-state index contributed by atoms with van der Waals surface area (Å²) in [4.78, 5) is 12.6. The second kappa shape index (κ2) is 5.64. The summed E-state index contributed by atoms with van der Waals surface area (Å²) < 4.78 is 0. The van der Waals surface area contributed by atoms with Gasteiger partial charge in [0.05, 0.1) is 12.1 Å². The number of carboxylic acid groups (broad SMARTS) is 1. The van der Waals surface area contributed by atoms with Gasteiger partial charge in [-0.2, -0.15) is 0 Å². The van der Waals surface area contributed by atoms with E-state index in [1.54, 1.807) is 0 Å². The normalized spacial score (nSPS) is 16.8. The van der Waals surface area contributed by atoms with Crippen molar-refractivity contribution in [3.63, 3.8) is 0 Å². The van der Waals surface area contributed by atoms with Crippen LogP contribution in [0.1, 0.15) is 39.5 Å². The molecule has 0 amide bonds. The Morgan fingerprint density at radius 3 is 2.31 bits per heavy atom. The predicted octanol–water partition coefficient (Wildman–Crippen LogP) is 1.33. The Bertz CT molecular complexity index is 234. The Balaban J connectivity index is 2.49. The molecule has 94 valence electrons. The predicted molar refractivity (Wildman–Crippen MR) is 62.3 cm³/mol. The molecule has 0 spiro atoms. The topological polar surface area (TPSA) is 60.8 Å². The van der Waals surface area contributed by atoms with E-state index >= 15 is 0 Å². The third-order valence-electron chi connectivity index (χ3n) is 3.41. The van der Waals surface area contributed by atoms with Gasteiger partial charge < -0.3 is 10.2 Å². The molecule has 1 fully saturated rings. The lowest BCUT2D eigenvalue weighted by atomic mass is 9.96. The van der Waals surface area contributed by atoms with E-state index in [9.17, 15) is 9.90 Å². The first-order valence-corrected chi connectivity index (χ1v) is 6.15. The fourth-order valence-corrected chi connectivity index (χ4v) is 1.93. The molecule has 1 aliphatic rings. The van der Waals surface area contributed by atoms with Gasteiger partial charge in [0.2, 0.25) is 0 Å². The van der Waals surface area contributed by atoms with E-state index in [0.29, 0.717) is 25.3 Å². The molecule has 0 aromatic carbocycles. The lowest BCUT2D eigenvalue weighted by molar-refractivity contribution is -0.139. The van der Waals surface area contributed by atoms with Crippen molar-refractivity contribution in [1.29, 1.82) is 0 Å². The van der Waals surface area contributed by atoms with Crippen molar-refractivity contribution >= 4 is 5.97 Å². The maximum Gasteiger partial charge on any atom is 0.317 e. The fraction of sp³-hybridized carbons (Fsp3) is 0.917. The van der Waals surface area contributed by atoms with Crippen LogP contribution in [0.5, 0.6) is 0 Å². The third-order valence-corrected chi connectivity index (χ3v) is 3.41. The van der Waals surface area contributed by atoms with E-state index in [1.807, 2.05) is 18.7 Å². The minimum Gasteiger partial charge on any atom is -0.480 e. The van der Waals surface area contributed by atoms with Gasteiger partial charge >= 0.3 is 5.97 Å². The molecule has 2 N–H and O–H groups in total. The monoisotopic (exact) mass is 229 g/mol. The largest absolute Gasteiger partial charge is 0.480 e. The van der Waals surface area contributed by atoms with E-state index in [4.69, 9.17) is 5.11 Å². The number of carbonyl (C=O) groups is 1. The molecule has 0 aliphatic heterocycles. The molecule has 0 unspecified atom stereocenters. The zero-order chi connectivity index (χ0) is 12.2. The highest BCUT2D eigenvalue weighted by atomic mass is 16.4. The van der Waals surface area contributed by atoms with Gasteiger partial charge in [0.1, 0.15) is 0 Å². The van der Waals surface area contributed by atoms with Gasteiger partial charge in [0.25, 0.3) is 0 Å². The van der Waals surface area contributed by atoms with Crippen LogP contribution in [-0.4, -0.2) is 46.3 Å². The Morgan fingerprint density at radius 1 is 1.38 bits per heavy atom. The van der Waals surface area contributed by atoms with Crippen LogP contribution in [0, 0.1) is 5.92 Å². The summed E-state index contributed by atoms with van der Waals surface area (Å²) >= 11 is 0. The first-order chi connectivity index (χ1) is 7.49. The fourth-order valence-electron chi connectivity index (χ4n) is 1.93. The van der Waals surface area contributed by atoms with Gasteiger partial charge in [-0.3, -0.25) is 9.69 Å². The second-order valence-electron chi connectivity index (χ2n) is 4.94. The first-order valence-electron chi connectivity index (χ1n) is 6.15. The average molecular weight is 229 g/mol. The van der Waals surface area contributed by atoms with Crippen molar-refractivity contribution in [2.75, 3.05) is 19.6 Å². The number of nitrogens with zero attached hydrogens (tertiary/aromatic N) is 1. The number of aliphatic carboxylic acids is 1. The minimum atomic E-state index is -0.810. The Labute approximate surface area is 97.3 Å². The van der Waals surface area contributed by atoms with Gasteiger partial charge in [-0.25, -0.2) is 0 Å². The van der Waals surface area contributed by atoms with Crippen molar-refractivity contribution in [3.8, 4) is 0 Å². The smallest absolute Gasteiger partial charge is 0.317 e. The van der Waals surface area contributed by atoms with Gasteiger partial charge in [0.15, 0.2) is 0 Å². The van der Waals surface area contributed by atoms with Gasteiger partial charge in [0, 0.05) is 13.1 Å². The SMILES string of the molecule is CCC(O)(CC)CN(CC(=O)O)CC1CC1. The van der Waals surface area contributed by atoms with Crippen molar-refractivity contribution < 1.29 is 15.0 Å². The number of aliphatic hydroxyl groups is 1. The molecular formula is C12H23NO3. The van der Waals surface area contributed by atoms with Crippen LogP contribution < -0.4 is 0 Å². The van der Waals surface area contributed by atoms with Crippen molar-refractivity contribution in [2.24, 2.45) is 5.92 Å².